The van der Waals surface area contributed by atoms with Crippen molar-refractivity contribution < 1.29 is 4.79 Å². The van der Waals surface area contributed by atoms with Crippen LogP contribution in [-0.4, -0.2) is 5.78 Å². The summed E-state index contributed by atoms with van der Waals surface area (Å²) in [6.45, 7) is 10.4. The lowest BCUT2D eigenvalue weighted by Crippen LogP contribution is -2.40. The van der Waals surface area contributed by atoms with Crippen molar-refractivity contribution >= 4 is 5.78 Å². The Bertz CT molecular complexity index is 350. The van der Waals surface area contributed by atoms with Gasteiger partial charge in [-0.15, -0.1) is 0 Å². The SMILES string of the molecule is C=C(C)[C@H]1CC(=O)[C@]2(C)CC=C(C)[C@@H]2C1. The van der Waals surface area contributed by atoms with Crippen LogP contribution in [0.3, 0.4) is 0 Å². The molecule has 0 heterocycles. The van der Waals surface area contributed by atoms with Crippen molar-refractivity contribution in [3.8, 4) is 0 Å². The average Bonchev–Trinajstić information content (AvgIpc) is 2.46. The van der Waals surface area contributed by atoms with E-state index in [0.717, 1.165) is 12.8 Å². The molecule has 0 spiro atoms. The van der Waals surface area contributed by atoms with Gasteiger partial charge in [-0.1, -0.05) is 30.7 Å². The van der Waals surface area contributed by atoms with Crippen molar-refractivity contribution in [2.75, 3.05) is 0 Å². The molecule has 82 valence electrons. The first-order valence-electron chi connectivity index (χ1n) is 5.80. The van der Waals surface area contributed by atoms with Crippen LogP contribution < -0.4 is 0 Å². The summed E-state index contributed by atoms with van der Waals surface area (Å²) in [5.41, 5.74) is 2.50. The molecule has 2 rings (SSSR count). The maximum Gasteiger partial charge on any atom is 0.140 e. The second-order valence-electron chi connectivity index (χ2n) is 5.53. The molecule has 0 aromatic carbocycles. The molecule has 0 aliphatic heterocycles. The Balaban J connectivity index is 2.28. The number of Topliss-reactive ketones (excluding diaryl/α,β-unsaturated/α-hetero) is 1. The fourth-order valence-electron chi connectivity index (χ4n) is 3.11. The van der Waals surface area contributed by atoms with Crippen molar-refractivity contribution in [1.82, 2.24) is 0 Å². The van der Waals surface area contributed by atoms with Crippen molar-refractivity contribution in [3.63, 3.8) is 0 Å². The summed E-state index contributed by atoms with van der Waals surface area (Å²) in [5, 5.41) is 0. The number of carbonyl (C=O) groups excluding carboxylic acids is 1. The number of ketones is 1. The minimum atomic E-state index is -0.0873. The van der Waals surface area contributed by atoms with Gasteiger partial charge >= 0.3 is 0 Å². The molecule has 0 N–H and O–H groups in total. The second kappa shape index (κ2) is 3.33. The molecular weight excluding hydrogens is 184 g/mol. The van der Waals surface area contributed by atoms with Gasteiger partial charge < -0.3 is 0 Å². The van der Waals surface area contributed by atoms with Crippen LogP contribution in [0.1, 0.15) is 40.0 Å². The number of carbonyl (C=O) groups is 1. The van der Waals surface area contributed by atoms with Gasteiger partial charge in [0.2, 0.25) is 0 Å². The second-order valence-corrected chi connectivity index (χ2v) is 5.53. The Kier molecular flexibility index (Phi) is 2.37. The number of hydrogen-bond donors (Lipinski definition) is 0. The fraction of sp³-hybridized carbons (Fsp3) is 0.643. The first-order chi connectivity index (χ1) is 6.95. The van der Waals surface area contributed by atoms with Crippen LogP contribution in [0.15, 0.2) is 23.8 Å². The highest BCUT2D eigenvalue weighted by molar-refractivity contribution is 5.87. The predicted molar refractivity (Wildman–Crippen MR) is 62.5 cm³/mol. The van der Waals surface area contributed by atoms with Gasteiger partial charge in [0.15, 0.2) is 0 Å². The molecule has 1 nitrogen and oxygen atoms in total. The fourth-order valence-corrected chi connectivity index (χ4v) is 3.11. The van der Waals surface area contributed by atoms with E-state index in [2.05, 4.69) is 33.4 Å². The molecule has 3 atom stereocenters. The highest BCUT2D eigenvalue weighted by atomic mass is 16.1. The molecule has 0 aromatic rings. The zero-order valence-corrected chi connectivity index (χ0v) is 9.97. The summed E-state index contributed by atoms with van der Waals surface area (Å²) in [7, 11) is 0. The summed E-state index contributed by atoms with van der Waals surface area (Å²) in [6.07, 6.45) is 5.04. The number of hydrogen-bond acceptors (Lipinski definition) is 1. The van der Waals surface area contributed by atoms with E-state index in [4.69, 9.17) is 0 Å². The highest BCUT2D eigenvalue weighted by Crippen LogP contribution is 2.52. The van der Waals surface area contributed by atoms with E-state index in [1.54, 1.807) is 0 Å². The third kappa shape index (κ3) is 1.49. The molecule has 1 heteroatoms. The average molecular weight is 204 g/mol. The van der Waals surface area contributed by atoms with Gasteiger partial charge in [-0.2, -0.15) is 0 Å². The molecule has 0 radical (unpaired) electrons. The molecule has 15 heavy (non-hydrogen) atoms. The molecule has 0 saturated heterocycles. The maximum absolute atomic E-state index is 12.2. The first-order valence-corrected chi connectivity index (χ1v) is 5.80. The minimum absolute atomic E-state index is 0.0873. The summed E-state index contributed by atoms with van der Waals surface area (Å²) in [4.78, 5) is 12.2. The van der Waals surface area contributed by atoms with Crippen LogP contribution >= 0.6 is 0 Å². The van der Waals surface area contributed by atoms with Gasteiger partial charge in [0.1, 0.15) is 5.78 Å². The van der Waals surface area contributed by atoms with E-state index in [9.17, 15) is 4.79 Å². The Hall–Kier alpha value is -0.850. The van der Waals surface area contributed by atoms with Crippen LogP contribution in [0.25, 0.3) is 0 Å². The third-order valence-electron chi connectivity index (χ3n) is 4.45. The largest absolute Gasteiger partial charge is 0.299 e. The quantitative estimate of drug-likeness (QED) is 0.597. The lowest BCUT2D eigenvalue weighted by molar-refractivity contribution is -0.133. The van der Waals surface area contributed by atoms with Crippen LogP contribution in [0.4, 0.5) is 0 Å². The Morgan fingerprint density at radius 3 is 2.87 bits per heavy atom. The van der Waals surface area contributed by atoms with Crippen molar-refractivity contribution in [2.24, 2.45) is 17.3 Å². The molecule has 0 bridgehead atoms. The van der Waals surface area contributed by atoms with E-state index in [1.807, 2.05) is 0 Å². The summed E-state index contributed by atoms with van der Waals surface area (Å²) in [6, 6.07) is 0. The van der Waals surface area contributed by atoms with Crippen LogP contribution in [0.5, 0.6) is 0 Å². The smallest absolute Gasteiger partial charge is 0.140 e. The lowest BCUT2D eigenvalue weighted by Gasteiger charge is -2.40. The normalized spacial score (nSPS) is 39.9. The zero-order chi connectivity index (χ0) is 11.2. The van der Waals surface area contributed by atoms with E-state index in [0.29, 0.717) is 24.0 Å². The van der Waals surface area contributed by atoms with Crippen LogP contribution in [0.2, 0.25) is 0 Å². The Morgan fingerprint density at radius 2 is 2.27 bits per heavy atom. The van der Waals surface area contributed by atoms with E-state index < -0.39 is 0 Å². The molecule has 2 aliphatic carbocycles. The summed E-state index contributed by atoms with van der Waals surface area (Å²) >= 11 is 0. The molecule has 0 amide bonds. The number of rotatable bonds is 1. The highest BCUT2D eigenvalue weighted by Gasteiger charge is 2.48. The van der Waals surface area contributed by atoms with Gasteiger partial charge in [0, 0.05) is 11.8 Å². The summed E-state index contributed by atoms with van der Waals surface area (Å²) < 4.78 is 0. The molecule has 1 saturated carbocycles. The zero-order valence-electron chi connectivity index (χ0n) is 9.97. The summed E-state index contributed by atoms with van der Waals surface area (Å²) in [5.74, 6) is 1.33. The number of allylic oxidation sites excluding steroid dienone is 3. The molecule has 0 unspecified atom stereocenters. The van der Waals surface area contributed by atoms with E-state index in [-0.39, 0.29) is 5.41 Å². The minimum Gasteiger partial charge on any atom is -0.299 e. The van der Waals surface area contributed by atoms with E-state index >= 15 is 0 Å². The van der Waals surface area contributed by atoms with Gasteiger partial charge in [0.05, 0.1) is 0 Å². The number of fused-ring (bicyclic) bond motifs is 1. The van der Waals surface area contributed by atoms with E-state index in [1.165, 1.54) is 11.1 Å². The van der Waals surface area contributed by atoms with Gasteiger partial charge in [0.25, 0.3) is 0 Å². The first kappa shape index (κ1) is 10.7. The van der Waals surface area contributed by atoms with Gasteiger partial charge in [-0.3, -0.25) is 4.79 Å². The van der Waals surface area contributed by atoms with Crippen LogP contribution in [-0.2, 0) is 4.79 Å². The molecule has 0 aromatic heterocycles. The van der Waals surface area contributed by atoms with Gasteiger partial charge in [-0.25, -0.2) is 0 Å². The Labute approximate surface area is 92.3 Å². The maximum atomic E-state index is 12.2. The van der Waals surface area contributed by atoms with Crippen molar-refractivity contribution in [3.05, 3.63) is 23.8 Å². The Morgan fingerprint density at radius 1 is 1.60 bits per heavy atom. The third-order valence-corrected chi connectivity index (χ3v) is 4.45. The molecular formula is C14H20O. The monoisotopic (exact) mass is 204 g/mol. The molecule has 2 aliphatic rings. The molecule has 1 fully saturated rings. The van der Waals surface area contributed by atoms with Gasteiger partial charge in [-0.05, 0) is 38.5 Å². The van der Waals surface area contributed by atoms with Crippen LogP contribution in [0, 0.1) is 17.3 Å². The standard InChI is InChI=1S/C14H20O/c1-9(2)11-7-12-10(3)5-6-14(12,4)13(15)8-11/h5,11-12H,1,6-8H2,2-4H3/t11-,12+,14-/m1/s1. The van der Waals surface area contributed by atoms with Crippen molar-refractivity contribution in [1.29, 1.82) is 0 Å². The predicted octanol–water partition coefficient (Wildman–Crippen LogP) is 3.51. The lowest BCUT2D eigenvalue weighted by atomic mass is 9.62. The van der Waals surface area contributed by atoms with Crippen molar-refractivity contribution in [2.45, 2.75) is 40.0 Å². The topological polar surface area (TPSA) is 17.1 Å².